The average molecular weight is 327 g/mol. The molecule has 0 aliphatic heterocycles. The van der Waals surface area contributed by atoms with Crippen LogP contribution in [0.5, 0.6) is 5.75 Å². The molecule has 0 radical (unpaired) electrons. The molecule has 0 bridgehead atoms. The van der Waals surface area contributed by atoms with Crippen molar-refractivity contribution in [1.29, 1.82) is 0 Å². The monoisotopic (exact) mass is 327 g/mol. The predicted molar refractivity (Wildman–Crippen MR) is 69.8 cm³/mol. The van der Waals surface area contributed by atoms with Crippen molar-refractivity contribution in [3.63, 3.8) is 0 Å². The quantitative estimate of drug-likeness (QED) is 0.777. The van der Waals surface area contributed by atoms with Gasteiger partial charge in [-0.2, -0.15) is 13.2 Å². The Morgan fingerprint density at radius 2 is 1.95 bits per heavy atom. The molecule has 0 fully saturated rings. The van der Waals surface area contributed by atoms with Gasteiger partial charge in [0.05, 0.1) is 18.6 Å². The molecule has 0 aromatic heterocycles. The third kappa shape index (κ3) is 5.90. The highest BCUT2D eigenvalue weighted by molar-refractivity contribution is 7.89. The summed E-state index contributed by atoms with van der Waals surface area (Å²) in [7, 11) is -2.33. The summed E-state index contributed by atoms with van der Waals surface area (Å²) in [4.78, 5) is 0.0108. The SMILES string of the molecule is COc1ccc(S(=O)(=O)NCCOCC(F)(F)F)cc1C. The number of aryl methyl sites for hydroxylation is 1. The number of methoxy groups -OCH3 is 1. The van der Waals surface area contributed by atoms with Crippen LogP contribution in [0.3, 0.4) is 0 Å². The second-order valence-electron chi connectivity index (χ2n) is 4.20. The first-order chi connectivity index (χ1) is 9.65. The van der Waals surface area contributed by atoms with Crippen molar-refractivity contribution >= 4 is 10.0 Å². The van der Waals surface area contributed by atoms with Crippen molar-refractivity contribution in [2.75, 3.05) is 26.9 Å². The molecule has 1 aromatic carbocycles. The first kappa shape index (κ1) is 17.7. The summed E-state index contributed by atoms with van der Waals surface area (Å²) in [6, 6.07) is 4.27. The van der Waals surface area contributed by atoms with Crippen molar-refractivity contribution in [2.45, 2.75) is 18.0 Å². The molecule has 0 unspecified atom stereocenters. The van der Waals surface area contributed by atoms with Gasteiger partial charge in [0, 0.05) is 6.54 Å². The molecule has 0 spiro atoms. The Hall–Kier alpha value is -1.32. The fourth-order valence-electron chi connectivity index (χ4n) is 1.54. The molecule has 0 heterocycles. The van der Waals surface area contributed by atoms with E-state index in [-0.39, 0.29) is 18.0 Å². The summed E-state index contributed by atoms with van der Waals surface area (Å²) in [6.07, 6.45) is -4.42. The van der Waals surface area contributed by atoms with Crippen LogP contribution in [0.25, 0.3) is 0 Å². The van der Waals surface area contributed by atoms with Gasteiger partial charge in [0.1, 0.15) is 12.4 Å². The Labute approximate surface area is 121 Å². The highest BCUT2D eigenvalue weighted by atomic mass is 32.2. The lowest BCUT2D eigenvalue weighted by molar-refractivity contribution is -0.173. The molecule has 0 atom stereocenters. The van der Waals surface area contributed by atoms with Crippen molar-refractivity contribution in [3.05, 3.63) is 23.8 Å². The Kier molecular flexibility index (Phi) is 5.99. The maximum Gasteiger partial charge on any atom is 0.411 e. The van der Waals surface area contributed by atoms with Gasteiger partial charge >= 0.3 is 6.18 Å². The summed E-state index contributed by atoms with van der Waals surface area (Å²) in [6.45, 7) is -0.335. The van der Waals surface area contributed by atoms with E-state index in [1.807, 2.05) is 0 Å². The fraction of sp³-hybridized carbons (Fsp3) is 0.500. The maximum atomic E-state index is 11.9. The van der Waals surface area contributed by atoms with Crippen molar-refractivity contribution < 1.29 is 31.1 Å². The van der Waals surface area contributed by atoms with Crippen LogP contribution in [0.4, 0.5) is 13.2 Å². The van der Waals surface area contributed by atoms with E-state index in [1.165, 1.54) is 25.3 Å². The van der Waals surface area contributed by atoms with E-state index >= 15 is 0 Å². The fourth-order valence-corrected chi connectivity index (χ4v) is 2.64. The molecule has 0 amide bonds. The zero-order valence-electron chi connectivity index (χ0n) is 11.5. The lowest BCUT2D eigenvalue weighted by atomic mass is 10.2. The second-order valence-corrected chi connectivity index (χ2v) is 5.96. The highest BCUT2D eigenvalue weighted by Gasteiger charge is 2.27. The van der Waals surface area contributed by atoms with Gasteiger partial charge in [-0.05, 0) is 30.7 Å². The van der Waals surface area contributed by atoms with E-state index in [2.05, 4.69) is 9.46 Å². The molecular weight excluding hydrogens is 311 g/mol. The zero-order valence-corrected chi connectivity index (χ0v) is 12.3. The number of ether oxygens (including phenoxy) is 2. The summed E-state index contributed by atoms with van der Waals surface area (Å²) < 4.78 is 70.8. The molecule has 0 saturated carbocycles. The van der Waals surface area contributed by atoms with Gasteiger partial charge in [-0.3, -0.25) is 0 Å². The Balaban J connectivity index is 2.56. The molecule has 1 rings (SSSR count). The van der Waals surface area contributed by atoms with Crippen LogP contribution in [0.15, 0.2) is 23.1 Å². The summed E-state index contributed by atoms with van der Waals surface area (Å²) in [5, 5.41) is 0. The van der Waals surface area contributed by atoms with Crippen molar-refractivity contribution in [2.24, 2.45) is 0 Å². The normalized spacial score (nSPS) is 12.4. The summed E-state index contributed by atoms with van der Waals surface area (Å²) in [5.74, 6) is 0.544. The van der Waals surface area contributed by atoms with Crippen molar-refractivity contribution in [1.82, 2.24) is 4.72 Å². The van der Waals surface area contributed by atoms with Gasteiger partial charge in [-0.25, -0.2) is 13.1 Å². The molecular formula is C12H16F3NO4S. The molecule has 120 valence electrons. The third-order valence-corrected chi connectivity index (χ3v) is 3.94. The number of benzene rings is 1. The molecule has 0 saturated heterocycles. The predicted octanol–water partition coefficient (Wildman–Crippen LogP) is 1.86. The van der Waals surface area contributed by atoms with Gasteiger partial charge in [0.25, 0.3) is 0 Å². The highest BCUT2D eigenvalue weighted by Crippen LogP contribution is 2.21. The molecule has 9 heteroatoms. The Bertz CT molecular complexity index is 572. The van der Waals surface area contributed by atoms with Crippen LogP contribution in [-0.4, -0.2) is 41.5 Å². The summed E-state index contributed by atoms with van der Waals surface area (Å²) in [5.41, 5.74) is 0.633. The lowest BCUT2D eigenvalue weighted by Gasteiger charge is -2.10. The van der Waals surface area contributed by atoms with Crippen molar-refractivity contribution in [3.8, 4) is 5.75 Å². The number of rotatable bonds is 7. The first-order valence-electron chi connectivity index (χ1n) is 5.94. The minimum atomic E-state index is -4.42. The molecule has 1 N–H and O–H groups in total. The first-order valence-corrected chi connectivity index (χ1v) is 7.43. The molecule has 5 nitrogen and oxygen atoms in total. The smallest absolute Gasteiger partial charge is 0.411 e. The van der Waals surface area contributed by atoms with E-state index in [9.17, 15) is 21.6 Å². The number of hydrogen-bond donors (Lipinski definition) is 1. The zero-order chi connectivity index (χ0) is 16.1. The Morgan fingerprint density at radius 3 is 2.48 bits per heavy atom. The number of halogens is 3. The second kappa shape index (κ2) is 7.10. The van der Waals surface area contributed by atoms with Crippen LogP contribution >= 0.6 is 0 Å². The van der Waals surface area contributed by atoms with Gasteiger partial charge in [-0.15, -0.1) is 0 Å². The van der Waals surface area contributed by atoms with E-state index in [0.29, 0.717) is 11.3 Å². The standard InChI is InChI=1S/C12H16F3NO4S/c1-9-7-10(3-4-11(9)19-2)21(17,18)16-5-6-20-8-12(13,14)15/h3-4,7,16H,5-6,8H2,1-2H3. The van der Waals surface area contributed by atoms with Crippen LogP contribution < -0.4 is 9.46 Å². The van der Waals surface area contributed by atoms with E-state index in [0.717, 1.165) is 0 Å². The number of sulfonamides is 1. The van der Waals surface area contributed by atoms with Gasteiger partial charge in [0.2, 0.25) is 10.0 Å². The van der Waals surface area contributed by atoms with Crippen LogP contribution in [-0.2, 0) is 14.8 Å². The summed E-state index contributed by atoms with van der Waals surface area (Å²) >= 11 is 0. The molecule has 0 aliphatic carbocycles. The van der Waals surface area contributed by atoms with Gasteiger partial charge < -0.3 is 9.47 Å². The van der Waals surface area contributed by atoms with Crippen LogP contribution in [0.1, 0.15) is 5.56 Å². The minimum Gasteiger partial charge on any atom is -0.496 e. The number of hydrogen-bond acceptors (Lipinski definition) is 4. The van der Waals surface area contributed by atoms with Gasteiger partial charge in [0.15, 0.2) is 0 Å². The van der Waals surface area contributed by atoms with Crippen LogP contribution in [0.2, 0.25) is 0 Å². The maximum absolute atomic E-state index is 11.9. The van der Waals surface area contributed by atoms with Crippen LogP contribution in [0, 0.1) is 6.92 Å². The van der Waals surface area contributed by atoms with E-state index in [1.54, 1.807) is 6.92 Å². The third-order valence-electron chi connectivity index (χ3n) is 2.48. The van der Waals surface area contributed by atoms with E-state index < -0.39 is 22.8 Å². The van der Waals surface area contributed by atoms with Gasteiger partial charge in [-0.1, -0.05) is 0 Å². The molecule has 1 aromatic rings. The van der Waals surface area contributed by atoms with E-state index in [4.69, 9.17) is 4.74 Å². The minimum absolute atomic E-state index is 0.0108. The molecule has 21 heavy (non-hydrogen) atoms. The largest absolute Gasteiger partial charge is 0.496 e. The lowest BCUT2D eigenvalue weighted by Crippen LogP contribution is -2.29. The molecule has 0 aliphatic rings. The number of alkyl halides is 3. The average Bonchev–Trinajstić information content (AvgIpc) is 2.36. The topological polar surface area (TPSA) is 64.6 Å². The Morgan fingerprint density at radius 1 is 1.29 bits per heavy atom. The number of nitrogens with one attached hydrogen (secondary N) is 1.